The summed E-state index contributed by atoms with van der Waals surface area (Å²) in [7, 11) is 0. The van der Waals surface area contributed by atoms with Crippen LogP contribution in [0.5, 0.6) is 0 Å². The zero-order chi connectivity index (χ0) is 12.1. The van der Waals surface area contributed by atoms with Crippen molar-refractivity contribution in [2.45, 2.75) is 13.8 Å². The van der Waals surface area contributed by atoms with Crippen molar-refractivity contribution in [1.82, 2.24) is 4.90 Å². The van der Waals surface area contributed by atoms with Gasteiger partial charge in [-0.1, -0.05) is 11.6 Å². The molecule has 0 aliphatic carbocycles. The number of carbonyl (C=O) groups excluding carboxylic acids is 1. The lowest BCUT2D eigenvalue weighted by Crippen LogP contribution is -2.30. The maximum Gasteiger partial charge on any atom is 0.255 e. The highest BCUT2D eigenvalue weighted by atomic mass is 35.5. The predicted octanol–water partition coefficient (Wildman–Crippen LogP) is 3.22. The van der Waals surface area contributed by atoms with E-state index in [0.29, 0.717) is 18.7 Å². The molecule has 0 atom stereocenters. The van der Waals surface area contributed by atoms with Crippen molar-refractivity contribution < 1.29 is 4.79 Å². The smallest absolute Gasteiger partial charge is 0.255 e. The highest BCUT2D eigenvalue weighted by molar-refractivity contribution is 6.34. The maximum absolute atomic E-state index is 12.0. The number of carbonyl (C=O) groups is 1. The van der Waals surface area contributed by atoms with Gasteiger partial charge in [0.25, 0.3) is 5.91 Å². The van der Waals surface area contributed by atoms with Crippen molar-refractivity contribution in [3.63, 3.8) is 0 Å². The van der Waals surface area contributed by atoms with Gasteiger partial charge in [-0.25, -0.2) is 0 Å². The van der Waals surface area contributed by atoms with E-state index in [1.165, 1.54) is 18.2 Å². The SMILES string of the molecule is CCN(CC)C(=O)c1ccc(N=O)cc1Cl. The zero-order valence-corrected chi connectivity index (χ0v) is 9.99. The first kappa shape index (κ1) is 12.6. The Labute approximate surface area is 99.2 Å². The molecule has 0 spiro atoms. The first-order valence-electron chi connectivity index (χ1n) is 5.06. The van der Waals surface area contributed by atoms with Gasteiger partial charge in [0.1, 0.15) is 5.69 Å². The number of rotatable bonds is 4. The minimum Gasteiger partial charge on any atom is -0.339 e. The molecule has 0 aromatic heterocycles. The summed E-state index contributed by atoms with van der Waals surface area (Å²) in [5.74, 6) is -0.132. The van der Waals surface area contributed by atoms with Crippen LogP contribution in [0, 0.1) is 4.91 Å². The highest BCUT2D eigenvalue weighted by Gasteiger charge is 2.15. The second-order valence-electron chi connectivity index (χ2n) is 3.23. The number of nitroso groups, excluding NO2 is 1. The quantitative estimate of drug-likeness (QED) is 0.759. The summed E-state index contributed by atoms with van der Waals surface area (Å²) < 4.78 is 0. The van der Waals surface area contributed by atoms with Crippen molar-refractivity contribution in [1.29, 1.82) is 0 Å². The third kappa shape index (κ3) is 2.58. The van der Waals surface area contributed by atoms with E-state index in [9.17, 15) is 9.70 Å². The summed E-state index contributed by atoms with van der Waals surface area (Å²) >= 11 is 5.91. The van der Waals surface area contributed by atoms with E-state index in [4.69, 9.17) is 11.6 Å². The lowest BCUT2D eigenvalue weighted by Gasteiger charge is -2.19. The van der Waals surface area contributed by atoms with Crippen LogP contribution in [0.25, 0.3) is 0 Å². The van der Waals surface area contributed by atoms with E-state index >= 15 is 0 Å². The average molecular weight is 241 g/mol. The molecule has 4 nitrogen and oxygen atoms in total. The third-order valence-electron chi connectivity index (χ3n) is 2.34. The van der Waals surface area contributed by atoms with Crippen LogP contribution in [0.15, 0.2) is 23.4 Å². The summed E-state index contributed by atoms with van der Waals surface area (Å²) in [5, 5.41) is 3.02. The molecule has 0 fully saturated rings. The van der Waals surface area contributed by atoms with Crippen LogP contribution in [-0.2, 0) is 0 Å². The summed E-state index contributed by atoms with van der Waals surface area (Å²) in [6, 6.07) is 4.40. The maximum atomic E-state index is 12.0. The molecule has 16 heavy (non-hydrogen) atoms. The minimum atomic E-state index is -0.132. The van der Waals surface area contributed by atoms with E-state index in [2.05, 4.69) is 5.18 Å². The van der Waals surface area contributed by atoms with E-state index in [1.54, 1.807) is 4.90 Å². The molecule has 0 unspecified atom stereocenters. The molecule has 0 aliphatic rings. The second kappa shape index (κ2) is 5.61. The summed E-state index contributed by atoms with van der Waals surface area (Å²) in [6.07, 6.45) is 0. The number of amides is 1. The van der Waals surface area contributed by atoms with E-state index in [0.717, 1.165) is 0 Å². The van der Waals surface area contributed by atoms with Gasteiger partial charge in [0, 0.05) is 13.1 Å². The number of halogens is 1. The third-order valence-corrected chi connectivity index (χ3v) is 2.65. The zero-order valence-electron chi connectivity index (χ0n) is 9.24. The van der Waals surface area contributed by atoms with Gasteiger partial charge < -0.3 is 4.90 Å². The summed E-state index contributed by atoms with van der Waals surface area (Å²) in [5.41, 5.74) is 0.624. The average Bonchev–Trinajstić information content (AvgIpc) is 2.30. The number of hydrogen-bond donors (Lipinski definition) is 0. The van der Waals surface area contributed by atoms with Crippen molar-refractivity contribution >= 4 is 23.2 Å². The fraction of sp³-hybridized carbons (Fsp3) is 0.364. The molecule has 0 bridgehead atoms. The van der Waals surface area contributed by atoms with E-state index in [1.807, 2.05) is 13.8 Å². The van der Waals surface area contributed by atoms with Gasteiger partial charge in [0.05, 0.1) is 10.6 Å². The van der Waals surface area contributed by atoms with Crippen LogP contribution in [0.3, 0.4) is 0 Å². The molecular weight excluding hydrogens is 228 g/mol. The number of hydrogen-bond acceptors (Lipinski definition) is 3. The van der Waals surface area contributed by atoms with E-state index in [-0.39, 0.29) is 16.6 Å². The van der Waals surface area contributed by atoms with Crippen LogP contribution in [-0.4, -0.2) is 23.9 Å². The molecule has 0 heterocycles. The molecule has 0 saturated heterocycles. The number of nitrogens with zero attached hydrogens (tertiary/aromatic N) is 2. The van der Waals surface area contributed by atoms with Crippen molar-refractivity contribution in [3.8, 4) is 0 Å². The fourth-order valence-corrected chi connectivity index (χ4v) is 1.67. The lowest BCUT2D eigenvalue weighted by molar-refractivity contribution is 0.0773. The van der Waals surface area contributed by atoms with Gasteiger partial charge in [-0.2, -0.15) is 0 Å². The Balaban J connectivity index is 3.04. The monoisotopic (exact) mass is 240 g/mol. The Kier molecular flexibility index (Phi) is 4.43. The molecular formula is C11H13ClN2O2. The molecule has 5 heteroatoms. The number of benzene rings is 1. The Morgan fingerprint density at radius 2 is 2.00 bits per heavy atom. The Morgan fingerprint density at radius 1 is 1.38 bits per heavy atom. The van der Waals surface area contributed by atoms with Crippen LogP contribution < -0.4 is 0 Å². The van der Waals surface area contributed by atoms with Crippen LogP contribution in [0.1, 0.15) is 24.2 Å². The molecule has 0 saturated carbocycles. The molecule has 1 amide bonds. The molecule has 0 radical (unpaired) electrons. The fourth-order valence-electron chi connectivity index (χ4n) is 1.42. The van der Waals surface area contributed by atoms with Gasteiger partial charge in [0.2, 0.25) is 0 Å². The molecule has 1 aromatic rings. The molecule has 0 N–H and O–H groups in total. The van der Waals surface area contributed by atoms with E-state index < -0.39 is 0 Å². The molecule has 86 valence electrons. The summed E-state index contributed by atoms with van der Waals surface area (Å²) in [6.45, 7) is 5.05. The van der Waals surface area contributed by atoms with Crippen LogP contribution in [0.2, 0.25) is 5.02 Å². The lowest BCUT2D eigenvalue weighted by atomic mass is 10.2. The Morgan fingerprint density at radius 3 is 2.44 bits per heavy atom. The van der Waals surface area contributed by atoms with Crippen molar-refractivity contribution in [3.05, 3.63) is 33.7 Å². The first-order chi connectivity index (χ1) is 7.63. The normalized spacial score (nSPS) is 9.94. The minimum absolute atomic E-state index is 0.132. The molecule has 0 aliphatic heterocycles. The summed E-state index contributed by atoms with van der Waals surface area (Å²) in [4.78, 5) is 23.9. The Bertz CT molecular complexity index is 403. The topological polar surface area (TPSA) is 49.7 Å². The standard InChI is InChI=1S/C11H13ClN2O2/c1-3-14(4-2)11(15)9-6-5-8(13-16)7-10(9)12/h5-7H,3-4H2,1-2H3. The predicted molar refractivity (Wildman–Crippen MR) is 64.2 cm³/mol. The highest BCUT2D eigenvalue weighted by Crippen LogP contribution is 2.23. The van der Waals surface area contributed by atoms with Gasteiger partial charge in [-0.15, -0.1) is 4.91 Å². The Hall–Kier alpha value is -1.42. The largest absolute Gasteiger partial charge is 0.339 e. The first-order valence-corrected chi connectivity index (χ1v) is 5.44. The molecule has 1 aromatic carbocycles. The van der Waals surface area contributed by atoms with Gasteiger partial charge in [0.15, 0.2) is 0 Å². The van der Waals surface area contributed by atoms with Crippen LogP contribution in [0.4, 0.5) is 5.69 Å². The second-order valence-corrected chi connectivity index (χ2v) is 3.64. The van der Waals surface area contributed by atoms with Gasteiger partial charge in [-0.05, 0) is 37.2 Å². The molecule has 1 rings (SSSR count). The van der Waals surface area contributed by atoms with Crippen LogP contribution >= 0.6 is 11.6 Å². The van der Waals surface area contributed by atoms with Gasteiger partial charge >= 0.3 is 0 Å². The van der Waals surface area contributed by atoms with Gasteiger partial charge in [-0.3, -0.25) is 4.79 Å². The van der Waals surface area contributed by atoms with Crippen molar-refractivity contribution in [2.24, 2.45) is 5.18 Å². The van der Waals surface area contributed by atoms with Crippen molar-refractivity contribution in [2.75, 3.05) is 13.1 Å².